The molecule has 4 aromatic rings. The van der Waals surface area contributed by atoms with Gasteiger partial charge in [-0.1, -0.05) is 6.92 Å². The molecule has 2 bridgehead atoms. The molecule has 0 radical (unpaired) electrons. The standard InChI is InChI=1S/C45H51F2N9O5/c1-25-7-6-18-61-44-39(27(3)52-54(44)5)36-22-30(19-26(2)48-36)41(58)51-45-49-35-10-8-29(23-37(35)56(45)24-25)43(60)53(4)31-13-16-55(17-14-31)15-12-28-20-33(46)40(34(47)21-28)32-9-11-38(57)50-42(32)59/h8,10,19-23,25,31-32H,6-7,9,11-18,24H2,1-5H3,(H,49,51,58)(H,50,57,59)/t25-,32-/m1/s1. The highest BCUT2D eigenvalue weighted by Crippen LogP contribution is 2.37. The van der Waals surface area contributed by atoms with Gasteiger partial charge in [0.2, 0.25) is 23.7 Å². The largest absolute Gasteiger partial charge is 0.477 e. The van der Waals surface area contributed by atoms with Crippen molar-refractivity contribution < 1.29 is 32.7 Å². The number of guanidine groups is 1. The number of aryl methyl sites for hydroxylation is 3. The minimum Gasteiger partial charge on any atom is -0.477 e. The number of nitrogens with one attached hydrogen (secondary N) is 2. The minimum absolute atomic E-state index is 0.00651. The Morgan fingerprint density at radius 2 is 1.74 bits per heavy atom. The van der Waals surface area contributed by atoms with Crippen LogP contribution in [0.1, 0.15) is 94.6 Å². The Bertz CT molecular complexity index is 2420. The number of benzene rings is 2. The van der Waals surface area contributed by atoms with Crippen molar-refractivity contribution in [1.29, 1.82) is 0 Å². The summed E-state index contributed by atoms with van der Waals surface area (Å²) in [6.45, 7) is 8.93. The van der Waals surface area contributed by atoms with Gasteiger partial charge in [0.25, 0.3) is 11.8 Å². The van der Waals surface area contributed by atoms with Gasteiger partial charge in [-0.2, -0.15) is 10.1 Å². The zero-order valence-electron chi connectivity index (χ0n) is 35.2. The van der Waals surface area contributed by atoms with E-state index in [1.165, 1.54) is 12.1 Å². The summed E-state index contributed by atoms with van der Waals surface area (Å²) in [6, 6.07) is 11.5. The fourth-order valence-corrected chi connectivity index (χ4v) is 9.02. The molecule has 0 spiro atoms. The van der Waals surface area contributed by atoms with Gasteiger partial charge in [0.15, 0.2) is 0 Å². The van der Waals surface area contributed by atoms with Crippen molar-refractivity contribution in [3.63, 3.8) is 0 Å². The maximum atomic E-state index is 15.1. The monoisotopic (exact) mass is 835 g/mol. The molecule has 4 aliphatic heterocycles. The Balaban J connectivity index is 0.935. The molecule has 2 aromatic carbocycles. The molecule has 0 saturated carbocycles. The Kier molecular flexibility index (Phi) is 11.7. The number of rotatable bonds is 6. The van der Waals surface area contributed by atoms with Crippen LogP contribution >= 0.6 is 0 Å². The topological polar surface area (TPSA) is 154 Å². The van der Waals surface area contributed by atoms with Crippen LogP contribution in [0.4, 0.5) is 20.2 Å². The predicted molar refractivity (Wildman–Crippen MR) is 226 cm³/mol. The molecule has 6 heterocycles. The van der Waals surface area contributed by atoms with Crippen LogP contribution in [0.15, 0.2) is 47.5 Å². The summed E-state index contributed by atoms with van der Waals surface area (Å²) in [6.07, 6.45) is 3.62. The predicted octanol–water partition coefficient (Wildman–Crippen LogP) is 5.91. The number of hydrogen-bond donors (Lipinski definition) is 2. The number of carbonyl (C=O) groups is 4. The van der Waals surface area contributed by atoms with Crippen molar-refractivity contribution in [3.05, 3.63) is 87.7 Å². The molecule has 0 unspecified atom stereocenters. The molecular formula is C45H51F2N9O5. The molecule has 4 aliphatic rings. The Hall–Kier alpha value is -6.03. The van der Waals surface area contributed by atoms with Crippen molar-refractivity contribution in [2.45, 2.75) is 77.7 Å². The number of nitrogens with zero attached hydrogens (tertiary/aromatic N) is 7. The third-order valence-corrected chi connectivity index (χ3v) is 12.3. The number of imide groups is 1. The van der Waals surface area contributed by atoms with Gasteiger partial charge in [0, 0.05) is 75.1 Å². The normalized spacial score (nSPS) is 20.9. The van der Waals surface area contributed by atoms with E-state index in [0.29, 0.717) is 79.1 Å². The van der Waals surface area contributed by atoms with Crippen LogP contribution < -0.4 is 20.3 Å². The summed E-state index contributed by atoms with van der Waals surface area (Å²) in [5.74, 6) is -3.06. The number of anilines is 2. The number of aliphatic imine (C=N–C) groups is 1. The lowest BCUT2D eigenvalue weighted by Crippen LogP contribution is -2.46. The molecule has 14 nitrogen and oxygen atoms in total. The van der Waals surface area contributed by atoms with Gasteiger partial charge in [-0.05, 0) is 106 Å². The molecule has 2 atom stereocenters. The number of pyridine rings is 1. The first kappa shape index (κ1) is 41.7. The van der Waals surface area contributed by atoms with Gasteiger partial charge < -0.3 is 24.8 Å². The van der Waals surface area contributed by atoms with E-state index in [1.54, 1.807) is 27.8 Å². The van der Waals surface area contributed by atoms with Crippen molar-refractivity contribution in [2.24, 2.45) is 18.0 Å². The van der Waals surface area contributed by atoms with E-state index in [4.69, 9.17) is 9.72 Å². The lowest BCUT2D eigenvalue weighted by Gasteiger charge is -2.37. The number of likely N-dealkylation sites (tertiary alicyclic amines) is 1. The zero-order valence-corrected chi connectivity index (χ0v) is 35.2. The summed E-state index contributed by atoms with van der Waals surface area (Å²) >= 11 is 0. The Morgan fingerprint density at radius 1 is 0.984 bits per heavy atom. The van der Waals surface area contributed by atoms with Crippen LogP contribution in [0.5, 0.6) is 5.88 Å². The maximum absolute atomic E-state index is 15.1. The average Bonchev–Trinajstić information content (AvgIpc) is 3.71. The van der Waals surface area contributed by atoms with Gasteiger partial charge in [-0.3, -0.25) is 29.5 Å². The number of aromatic nitrogens is 3. The molecule has 2 fully saturated rings. The van der Waals surface area contributed by atoms with E-state index < -0.39 is 35.3 Å². The number of piperidine rings is 2. The molecule has 61 heavy (non-hydrogen) atoms. The first-order chi connectivity index (χ1) is 29.2. The molecule has 2 aromatic heterocycles. The highest BCUT2D eigenvalue weighted by atomic mass is 19.1. The van der Waals surface area contributed by atoms with E-state index in [-0.39, 0.29) is 36.3 Å². The van der Waals surface area contributed by atoms with Crippen molar-refractivity contribution in [1.82, 2.24) is 29.9 Å². The third-order valence-electron chi connectivity index (χ3n) is 12.3. The van der Waals surface area contributed by atoms with Gasteiger partial charge in [-0.15, -0.1) is 0 Å². The summed E-state index contributed by atoms with van der Waals surface area (Å²) in [7, 11) is 3.66. The van der Waals surface area contributed by atoms with Gasteiger partial charge in [-0.25, -0.2) is 13.5 Å². The fraction of sp³-hybridized carbons (Fsp3) is 0.444. The van der Waals surface area contributed by atoms with E-state index in [9.17, 15) is 19.2 Å². The van der Waals surface area contributed by atoms with E-state index in [1.807, 2.05) is 45.0 Å². The number of ether oxygens (including phenoxy) is 1. The van der Waals surface area contributed by atoms with Crippen LogP contribution in [0.25, 0.3) is 11.3 Å². The molecule has 16 heteroatoms. The number of fused-ring (bicyclic) bond motifs is 7. The van der Waals surface area contributed by atoms with Crippen LogP contribution in [0.2, 0.25) is 0 Å². The second-order valence-electron chi connectivity index (χ2n) is 16.8. The summed E-state index contributed by atoms with van der Waals surface area (Å²) in [5.41, 5.74) is 5.39. The maximum Gasteiger partial charge on any atom is 0.280 e. The van der Waals surface area contributed by atoms with Crippen molar-refractivity contribution in [3.8, 4) is 17.1 Å². The van der Waals surface area contributed by atoms with E-state index in [2.05, 4.69) is 32.5 Å². The second-order valence-corrected chi connectivity index (χ2v) is 16.8. The van der Waals surface area contributed by atoms with E-state index in [0.717, 1.165) is 48.3 Å². The smallest absolute Gasteiger partial charge is 0.280 e. The third kappa shape index (κ3) is 8.63. The molecule has 4 amide bonds. The van der Waals surface area contributed by atoms with Crippen molar-refractivity contribution in [2.75, 3.05) is 50.1 Å². The molecule has 320 valence electrons. The first-order valence-electron chi connectivity index (χ1n) is 21.0. The molecule has 0 aliphatic carbocycles. The Labute approximate surface area is 353 Å². The molecule has 2 saturated heterocycles. The average molecular weight is 836 g/mol. The highest BCUT2D eigenvalue weighted by molar-refractivity contribution is 6.19. The molecule has 8 rings (SSSR count). The van der Waals surface area contributed by atoms with Gasteiger partial charge in [0.05, 0.1) is 40.9 Å². The lowest BCUT2D eigenvalue weighted by atomic mass is 9.89. The molecular weight excluding hydrogens is 785 g/mol. The summed E-state index contributed by atoms with van der Waals surface area (Å²) in [4.78, 5) is 67.1. The number of carbonyl (C=O) groups excluding carboxylic acids is 4. The quantitative estimate of drug-likeness (QED) is 0.224. The van der Waals surface area contributed by atoms with Crippen LogP contribution in [-0.4, -0.2) is 100 Å². The van der Waals surface area contributed by atoms with Crippen LogP contribution in [0, 0.1) is 31.4 Å². The SMILES string of the molecule is Cc1cc2cc(n1)-c1c(C)nn(C)c1OCCC[C@@H](C)CN1/C(=N/C2=O)Nc2ccc(C(=O)N(C)C3CCN(CCc4cc(F)c([C@H]5CCC(=O)NC5=O)c(F)c4)CC3)cc21. The minimum atomic E-state index is -1.03. The summed E-state index contributed by atoms with van der Waals surface area (Å²) in [5, 5.41) is 10.1. The summed E-state index contributed by atoms with van der Waals surface area (Å²) < 4.78 is 38.2. The fourth-order valence-electron chi connectivity index (χ4n) is 9.02. The van der Waals surface area contributed by atoms with Crippen LogP contribution in [0.3, 0.4) is 0 Å². The first-order valence-corrected chi connectivity index (χ1v) is 21.0. The number of halogens is 2. The van der Waals surface area contributed by atoms with Crippen molar-refractivity contribution >= 4 is 41.0 Å². The van der Waals surface area contributed by atoms with Gasteiger partial charge >= 0.3 is 0 Å². The molecule has 2 N–H and O–H groups in total. The van der Waals surface area contributed by atoms with E-state index >= 15 is 8.78 Å². The highest BCUT2D eigenvalue weighted by Gasteiger charge is 2.34. The number of hydrogen-bond acceptors (Lipinski definition) is 10. The lowest BCUT2D eigenvalue weighted by molar-refractivity contribution is -0.134. The van der Waals surface area contributed by atoms with Crippen LogP contribution in [-0.2, 0) is 23.1 Å². The zero-order chi connectivity index (χ0) is 43.1. The second kappa shape index (κ2) is 17.1. The Morgan fingerprint density at radius 3 is 2.48 bits per heavy atom. The van der Waals surface area contributed by atoms with Gasteiger partial charge in [0.1, 0.15) is 11.6 Å². The number of amides is 4.